The van der Waals surface area contributed by atoms with Gasteiger partial charge in [-0.25, -0.2) is 0 Å². The van der Waals surface area contributed by atoms with Crippen molar-refractivity contribution in [3.63, 3.8) is 0 Å². The summed E-state index contributed by atoms with van der Waals surface area (Å²) < 4.78 is 0. The first-order chi connectivity index (χ1) is 10.8. The summed E-state index contributed by atoms with van der Waals surface area (Å²) in [4.78, 5) is 10.3. The summed E-state index contributed by atoms with van der Waals surface area (Å²) in [5.74, 6) is -0.682. The van der Waals surface area contributed by atoms with Gasteiger partial charge in [0, 0.05) is 6.42 Å². The van der Waals surface area contributed by atoms with Crippen molar-refractivity contribution >= 4 is 5.97 Å². The Kier molecular flexibility index (Phi) is 16.2. The zero-order chi connectivity index (χ0) is 16.3. The minimum atomic E-state index is -0.682. The van der Waals surface area contributed by atoms with Gasteiger partial charge in [0.25, 0.3) is 0 Å². The topological polar surface area (TPSA) is 37.3 Å². The van der Waals surface area contributed by atoms with Gasteiger partial charge in [0.2, 0.25) is 0 Å². The van der Waals surface area contributed by atoms with Gasteiger partial charge >= 0.3 is 5.97 Å². The second-order valence-electron chi connectivity index (χ2n) is 5.35. The molecule has 0 rings (SSSR count). The SMILES string of the molecule is CC/C=C/C/C=C\C/C=C/C/C=C\CCCCCCC(=O)O. The number of carboxylic acids is 1. The molecule has 0 radical (unpaired) electrons. The molecule has 0 amide bonds. The molecule has 0 aliphatic heterocycles. The Hall–Kier alpha value is -1.57. The Morgan fingerprint density at radius 1 is 0.727 bits per heavy atom. The molecule has 0 bridgehead atoms. The van der Waals surface area contributed by atoms with Gasteiger partial charge in [0.05, 0.1) is 0 Å². The number of carbonyl (C=O) groups is 1. The molecule has 0 aliphatic rings. The van der Waals surface area contributed by atoms with E-state index in [0.717, 1.165) is 57.8 Å². The predicted octanol–water partition coefficient (Wildman–Crippen LogP) is 6.22. The lowest BCUT2D eigenvalue weighted by Gasteiger charge is -1.96. The number of carboxylic acid groups (broad SMARTS) is 1. The van der Waals surface area contributed by atoms with E-state index in [1.54, 1.807) is 0 Å². The predicted molar refractivity (Wildman–Crippen MR) is 96.0 cm³/mol. The zero-order valence-electron chi connectivity index (χ0n) is 14.0. The number of allylic oxidation sites excluding steroid dienone is 8. The van der Waals surface area contributed by atoms with Gasteiger partial charge < -0.3 is 5.11 Å². The molecule has 0 aromatic rings. The van der Waals surface area contributed by atoms with Crippen molar-refractivity contribution in [3.8, 4) is 0 Å². The second-order valence-corrected chi connectivity index (χ2v) is 5.35. The first-order valence-electron chi connectivity index (χ1n) is 8.59. The van der Waals surface area contributed by atoms with Crippen LogP contribution in [0, 0.1) is 0 Å². The number of unbranched alkanes of at least 4 members (excludes halogenated alkanes) is 4. The number of rotatable bonds is 14. The summed E-state index contributed by atoms with van der Waals surface area (Å²) in [6.45, 7) is 2.15. The molecule has 0 aromatic carbocycles. The van der Waals surface area contributed by atoms with Crippen molar-refractivity contribution in [2.75, 3.05) is 0 Å². The highest BCUT2D eigenvalue weighted by Crippen LogP contribution is 2.06. The van der Waals surface area contributed by atoms with Crippen molar-refractivity contribution in [2.24, 2.45) is 0 Å². The molecule has 0 spiro atoms. The Bertz CT molecular complexity index is 362. The van der Waals surface area contributed by atoms with Crippen molar-refractivity contribution in [3.05, 3.63) is 48.6 Å². The van der Waals surface area contributed by atoms with E-state index in [0.29, 0.717) is 6.42 Å². The molecule has 0 aliphatic carbocycles. The van der Waals surface area contributed by atoms with E-state index in [1.165, 1.54) is 0 Å². The summed E-state index contributed by atoms with van der Waals surface area (Å²) in [6, 6.07) is 0. The lowest BCUT2D eigenvalue weighted by molar-refractivity contribution is -0.137. The van der Waals surface area contributed by atoms with Gasteiger partial charge in [-0.15, -0.1) is 0 Å². The van der Waals surface area contributed by atoms with E-state index < -0.39 is 5.97 Å². The Morgan fingerprint density at radius 3 is 1.77 bits per heavy atom. The summed E-state index contributed by atoms with van der Waals surface area (Å²) in [7, 11) is 0. The molecule has 0 saturated heterocycles. The van der Waals surface area contributed by atoms with Gasteiger partial charge in [0.15, 0.2) is 0 Å². The first kappa shape index (κ1) is 20.4. The molecule has 2 heteroatoms. The largest absolute Gasteiger partial charge is 0.481 e. The third kappa shape index (κ3) is 18.4. The molecule has 0 aromatic heterocycles. The maximum Gasteiger partial charge on any atom is 0.303 e. The molecular weight excluding hydrogens is 272 g/mol. The normalized spacial score (nSPS) is 12.4. The number of hydrogen-bond donors (Lipinski definition) is 1. The van der Waals surface area contributed by atoms with Crippen molar-refractivity contribution in [2.45, 2.75) is 71.1 Å². The minimum absolute atomic E-state index is 0.309. The lowest BCUT2D eigenvalue weighted by Crippen LogP contribution is -1.93. The summed E-state index contributed by atoms with van der Waals surface area (Å²) in [5, 5.41) is 8.51. The van der Waals surface area contributed by atoms with Crippen LogP contribution in [-0.2, 0) is 4.79 Å². The molecule has 0 fully saturated rings. The average Bonchev–Trinajstić information content (AvgIpc) is 2.50. The van der Waals surface area contributed by atoms with Crippen LogP contribution in [0.4, 0.5) is 0 Å². The second kappa shape index (κ2) is 17.5. The monoisotopic (exact) mass is 304 g/mol. The van der Waals surface area contributed by atoms with E-state index in [9.17, 15) is 4.79 Å². The molecule has 1 N–H and O–H groups in total. The zero-order valence-corrected chi connectivity index (χ0v) is 14.0. The van der Waals surface area contributed by atoms with Crippen LogP contribution >= 0.6 is 0 Å². The van der Waals surface area contributed by atoms with Crippen LogP contribution < -0.4 is 0 Å². The maximum atomic E-state index is 10.3. The van der Waals surface area contributed by atoms with E-state index in [4.69, 9.17) is 5.11 Å². The van der Waals surface area contributed by atoms with Gasteiger partial charge in [0.1, 0.15) is 0 Å². The van der Waals surface area contributed by atoms with Crippen LogP contribution in [0.3, 0.4) is 0 Å². The molecule has 0 heterocycles. The fourth-order valence-corrected chi connectivity index (χ4v) is 1.99. The number of hydrogen-bond acceptors (Lipinski definition) is 1. The van der Waals surface area contributed by atoms with Crippen LogP contribution in [-0.4, -0.2) is 11.1 Å². The van der Waals surface area contributed by atoms with E-state index in [1.807, 2.05) is 0 Å². The molecule has 0 unspecified atom stereocenters. The average molecular weight is 304 g/mol. The van der Waals surface area contributed by atoms with E-state index >= 15 is 0 Å². The Morgan fingerprint density at radius 2 is 1.23 bits per heavy atom. The maximum absolute atomic E-state index is 10.3. The van der Waals surface area contributed by atoms with Crippen LogP contribution in [0.25, 0.3) is 0 Å². The summed E-state index contributed by atoms with van der Waals surface area (Å²) >= 11 is 0. The van der Waals surface area contributed by atoms with E-state index in [2.05, 4.69) is 55.5 Å². The van der Waals surface area contributed by atoms with Crippen LogP contribution in [0.5, 0.6) is 0 Å². The minimum Gasteiger partial charge on any atom is -0.481 e. The first-order valence-corrected chi connectivity index (χ1v) is 8.59. The standard InChI is InChI=1S/C20H32O2/c1-2-3-4-5-6-7-8-9-10-11-12-13-14-15-16-17-18-19-20(21)22/h3-4,6-7,9-10,12-13H,2,5,8,11,14-19H2,1H3,(H,21,22)/b4-3+,7-6-,10-9+,13-12-. The Balaban J connectivity index is 3.34. The van der Waals surface area contributed by atoms with Crippen LogP contribution in [0.1, 0.15) is 71.1 Å². The highest BCUT2D eigenvalue weighted by Gasteiger charge is 1.95. The van der Waals surface area contributed by atoms with Gasteiger partial charge in [-0.1, -0.05) is 68.4 Å². The summed E-state index contributed by atoms with van der Waals surface area (Å²) in [6.07, 6.45) is 27.4. The number of aliphatic carboxylic acids is 1. The highest BCUT2D eigenvalue weighted by molar-refractivity contribution is 5.66. The Labute approximate surface area is 136 Å². The van der Waals surface area contributed by atoms with Crippen LogP contribution in [0.15, 0.2) is 48.6 Å². The van der Waals surface area contributed by atoms with Crippen LogP contribution in [0.2, 0.25) is 0 Å². The summed E-state index contributed by atoms with van der Waals surface area (Å²) in [5.41, 5.74) is 0. The van der Waals surface area contributed by atoms with Crippen molar-refractivity contribution in [1.29, 1.82) is 0 Å². The van der Waals surface area contributed by atoms with Crippen molar-refractivity contribution in [1.82, 2.24) is 0 Å². The van der Waals surface area contributed by atoms with Gasteiger partial charge in [-0.2, -0.15) is 0 Å². The highest BCUT2D eigenvalue weighted by atomic mass is 16.4. The van der Waals surface area contributed by atoms with Gasteiger partial charge in [-0.3, -0.25) is 4.79 Å². The third-order valence-corrected chi connectivity index (χ3v) is 3.23. The molecule has 2 nitrogen and oxygen atoms in total. The van der Waals surface area contributed by atoms with Gasteiger partial charge in [-0.05, 0) is 44.9 Å². The smallest absolute Gasteiger partial charge is 0.303 e. The molecule has 0 atom stereocenters. The third-order valence-electron chi connectivity index (χ3n) is 3.23. The van der Waals surface area contributed by atoms with Crippen molar-refractivity contribution < 1.29 is 9.90 Å². The lowest BCUT2D eigenvalue weighted by atomic mass is 10.1. The fraction of sp³-hybridized carbons (Fsp3) is 0.550. The molecule has 124 valence electrons. The quantitative estimate of drug-likeness (QED) is 0.305. The fourth-order valence-electron chi connectivity index (χ4n) is 1.99. The molecule has 22 heavy (non-hydrogen) atoms. The van der Waals surface area contributed by atoms with E-state index in [-0.39, 0.29) is 0 Å². The molecular formula is C20H32O2. The molecule has 0 saturated carbocycles.